The van der Waals surface area contributed by atoms with Crippen molar-refractivity contribution in [1.82, 2.24) is 0 Å². The molecule has 1 saturated heterocycles. The molecule has 1 amide bonds. The zero-order valence-corrected chi connectivity index (χ0v) is 22.2. The van der Waals surface area contributed by atoms with Crippen molar-refractivity contribution in [3.63, 3.8) is 0 Å². The summed E-state index contributed by atoms with van der Waals surface area (Å²) in [5, 5.41) is 5.03. The third-order valence-corrected chi connectivity index (χ3v) is 7.80. The Kier molecular flexibility index (Phi) is 9.31. The molecule has 1 N–H and O–H groups in total. The van der Waals surface area contributed by atoms with Crippen LogP contribution < -0.4 is 5.32 Å². The van der Waals surface area contributed by atoms with E-state index in [-0.39, 0.29) is 18.0 Å². The molecule has 2 atom stereocenters. The van der Waals surface area contributed by atoms with E-state index in [0.29, 0.717) is 29.1 Å². The monoisotopic (exact) mass is 485 g/mol. The Balaban J connectivity index is 1.89. The van der Waals surface area contributed by atoms with Crippen LogP contribution in [-0.2, 0) is 16.1 Å². The van der Waals surface area contributed by atoms with Gasteiger partial charge >= 0.3 is 5.97 Å². The van der Waals surface area contributed by atoms with Crippen LogP contribution in [0.5, 0.6) is 0 Å². The molecule has 1 aliphatic rings. The van der Waals surface area contributed by atoms with E-state index in [1.165, 1.54) is 29.7 Å². The maximum absolute atomic E-state index is 13.6. The number of likely N-dealkylation sites (tertiary alicyclic amines) is 1. The maximum Gasteiger partial charge on any atom is 0.350 e. The zero-order chi connectivity index (χ0) is 24.7. The standard InChI is InChI=1S/C28H40N2O3S/c1-20(2)16-24-14-10-7-11-15-30(24,17-23-12-8-6-9-13-23)18-25(31)29-26-22(5)19-34-27(26)28(32)33-21(3)4/h6,8-9,12-13,19-21,24H,7,10-11,14-18H2,1-5H3/p+1. The second-order valence-electron chi connectivity index (χ2n) is 10.5. The Morgan fingerprint density at radius 3 is 2.53 bits per heavy atom. The number of quaternary nitrogens is 1. The SMILES string of the molecule is Cc1csc(C(=O)OC(C)C)c1NC(=O)C[N+]1(Cc2ccccc2)CCCCCC1CC(C)C. The average Bonchev–Trinajstić information content (AvgIpc) is 3.01. The van der Waals surface area contributed by atoms with Gasteiger partial charge in [-0.3, -0.25) is 4.79 Å². The van der Waals surface area contributed by atoms with Crippen molar-refractivity contribution in [3.05, 3.63) is 51.7 Å². The van der Waals surface area contributed by atoms with Crippen LogP contribution in [0.3, 0.4) is 0 Å². The fraction of sp³-hybridized carbons (Fsp3) is 0.571. The summed E-state index contributed by atoms with van der Waals surface area (Å²) in [5.74, 6) is 0.187. The number of carbonyl (C=O) groups is 2. The molecule has 0 aliphatic carbocycles. The summed E-state index contributed by atoms with van der Waals surface area (Å²) in [4.78, 5) is 26.7. The van der Waals surface area contributed by atoms with Crippen molar-refractivity contribution in [2.75, 3.05) is 18.4 Å². The summed E-state index contributed by atoms with van der Waals surface area (Å²) >= 11 is 1.33. The molecule has 1 fully saturated rings. The molecule has 6 heteroatoms. The number of amides is 1. The molecule has 0 saturated carbocycles. The minimum absolute atomic E-state index is 0.0216. The lowest BCUT2D eigenvalue weighted by Gasteiger charge is -2.44. The first kappa shape index (κ1) is 26.4. The molecule has 2 heterocycles. The predicted molar refractivity (Wildman–Crippen MR) is 140 cm³/mol. The van der Waals surface area contributed by atoms with E-state index in [1.54, 1.807) is 0 Å². The molecule has 1 aromatic carbocycles. The Bertz CT molecular complexity index is 954. The van der Waals surface area contributed by atoms with Gasteiger partial charge in [0.15, 0.2) is 6.54 Å². The third kappa shape index (κ3) is 6.92. The van der Waals surface area contributed by atoms with Crippen LogP contribution in [0.25, 0.3) is 0 Å². The van der Waals surface area contributed by atoms with Gasteiger partial charge in [0, 0.05) is 12.0 Å². The van der Waals surface area contributed by atoms with Gasteiger partial charge in [0.2, 0.25) is 0 Å². The summed E-state index contributed by atoms with van der Waals surface area (Å²) in [7, 11) is 0. The Morgan fingerprint density at radius 2 is 1.85 bits per heavy atom. The van der Waals surface area contributed by atoms with Gasteiger partial charge in [-0.05, 0) is 63.3 Å². The zero-order valence-electron chi connectivity index (χ0n) is 21.4. The van der Waals surface area contributed by atoms with E-state index in [9.17, 15) is 9.59 Å². The molecule has 0 spiro atoms. The van der Waals surface area contributed by atoms with E-state index < -0.39 is 0 Å². The Hall–Kier alpha value is -2.18. The Morgan fingerprint density at radius 1 is 1.12 bits per heavy atom. The van der Waals surface area contributed by atoms with Crippen LogP contribution >= 0.6 is 11.3 Å². The second kappa shape index (κ2) is 12.0. The largest absolute Gasteiger partial charge is 0.459 e. The highest BCUT2D eigenvalue weighted by atomic mass is 32.1. The number of nitrogens with zero attached hydrogens (tertiary/aromatic N) is 1. The number of thiophene rings is 1. The van der Waals surface area contributed by atoms with Crippen molar-refractivity contribution < 1.29 is 18.8 Å². The highest BCUT2D eigenvalue weighted by Crippen LogP contribution is 2.33. The van der Waals surface area contributed by atoms with Crippen LogP contribution in [0.1, 0.15) is 80.6 Å². The molecule has 1 aliphatic heterocycles. The third-order valence-electron chi connectivity index (χ3n) is 6.73. The number of rotatable bonds is 9. The Labute approximate surface area is 209 Å². The quantitative estimate of drug-likeness (QED) is 0.323. The smallest absolute Gasteiger partial charge is 0.350 e. The summed E-state index contributed by atoms with van der Waals surface area (Å²) in [6.45, 7) is 12.4. The molecule has 2 aromatic rings. The molecule has 2 unspecified atom stereocenters. The van der Waals surface area contributed by atoms with E-state index in [4.69, 9.17) is 4.74 Å². The second-order valence-corrected chi connectivity index (χ2v) is 11.4. The molecule has 34 heavy (non-hydrogen) atoms. The minimum Gasteiger partial charge on any atom is -0.459 e. The fourth-order valence-corrected chi connectivity index (χ4v) is 6.11. The summed E-state index contributed by atoms with van der Waals surface area (Å²) in [6, 6.07) is 11.0. The molecule has 0 bridgehead atoms. The van der Waals surface area contributed by atoms with Crippen molar-refractivity contribution in [1.29, 1.82) is 0 Å². The molecule has 186 valence electrons. The lowest BCUT2D eigenvalue weighted by Crippen LogP contribution is -2.58. The van der Waals surface area contributed by atoms with Gasteiger partial charge in [-0.2, -0.15) is 0 Å². The normalized spacial score (nSPS) is 20.9. The van der Waals surface area contributed by atoms with Crippen LogP contribution in [0.2, 0.25) is 0 Å². The number of anilines is 1. The van der Waals surface area contributed by atoms with Gasteiger partial charge in [-0.1, -0.05) is 44.2 Å². The fourth-order valence-electron chi connectivity index (χ4n) is 5.23. The van der Waals surface area contributed by atoms with Gasteiger partial charge in [0.05, 0.1) is 24.4 Å². The molecule has 1 aromatic heterocycles. The predicted octanol–water partition coefficient (Wildman–Crippen LogP) is 6.57. The number of aryl methyl sites for hydroxylation is 1. The van der Waals surface area contributed by atoms with Gasteiger partial charge < -0.3 is 14.5 Å². The van der Waals surface area contributed by atoms with Crippen molar-refractivity contribution in [2.24, 2.45) is 5.92 Å². The van der Waals surface area contributed by atoms with Crippen LogP contribution in [0.4, 0.5) is 5.69 Å². The first-order chi connectivity index (χ1) is 16.2. The lowest BCUT2D eigenvalue weighted by molar-refractivity contribution is -0.956. The van der Waals surface area contributed by atoms with Crippen molar-refractivity contribution in [3.8, 4) is 0 Å². The van der Waals surface area contributed by atoms with E-state index in [0.717, 1.165) is 42.4 Å². The van der Waals surface area contributed by atoms with Crippen LogP contribution in [-0.4, -0.2) is 41.6 Å². The molecular weight excluding hydrogens is 444 g/mol. The highest BCUT2D eigenvalue weighted by molar-refractivity contribution is 7.12. The molecule has 5 nitrogen and oxygen atoms in total. The maximum atomic E-state index is 13.6. The number of benzene rings is 1. The van der Waals surface area contributed by atoms with Gasteiger partial charge in [-0.25, -0.2) is 4.79 Å². The molecular formula is C28H41N2O3S+. The van der Waals surface area contributed by atoms with Gasteiger partial charge in [-0.15, -0.1) is 11.3 Å². The average molecular weight is 486 g/mol. The number of hydrogen-bond donors (Lipinski definition) is 1. The summed E-state index contributed by atoms with van der Waals surface area (Å²) in [6.07, 6.45) is 5.65. The number of carbonyl (C=O) groups excluding carboxylic acids is 2. The van der Waals surface area contributed by atoms with Crippen LogP contribution in [0, 0.1) is 12.8 Å². The number of esters is 1. The number of nitrogens with one attached hydrogen (secondary N) is 1. The number of hydrogen-bond acceptors (Lipinski definition) is 4. The summed E-state index contributed by atoms with van der Waals surface area (Å²) < 4.78 is 6.19. The van der Waals surface area contributed by atoms with E-state index >= 15 is 0 Å². The van der Waals surface area contributed by atoms with Crippen molar-refractivity contribution in [2.45, 2.75) is 85.4 Å². The van der Waals surface area contributed by atoms with E-state index in [1.807, 2.05) is 32.2 Å². The molecule has 3 rings (SSSR count). The topological polar surface area (TPSA) is 55.4 Å². The minimum atomic E-state index is -0.371. The highest BCUT2D eigenvalue weighted by Gasteiger charge is 2.40. The molecule has 0 radical (unpaired) electrons. The first-order valence-corrected chi connectivity index (χ1v) is 13.6. The first-order valence-electron chi connectivity index (χ1n) is 12.7. The summed E-state index contributed by atoms with van der Waals surface area (Å²) in [5.41, 5.74) is 2.78. The van der Waals surface area contributed by atoms with Gasteiger partial charge in [0.1, 0.15) is 11.4 Å². The van der Waals surface area contributed by atoms with Crippen LogP contribution in [0.15, 0.2) is 35.7 Å². The number of ether oxygens (including phenoxy) is 1. The van der Waals surface area contributed by atoms with Gasteiger partial charge in [0.25, 0.3) is 5.91 Å². The van der Waals surface area contributed by atoms with Crippen molar-refractivity contribution >= 4 is 28.9 Å². The van der Waals surface area contributed by atoms with E-state index in [2.05, 4.69) is 43.4 Å². The lowest BCUT2D eigenvalue weighted by atomic mass is 9.95.